The Morgan fingerprint density at radius 2 is 1.81 bits per heavy atom. The zero-order valence-electron chi connectivity index (χ0n) is 14.1. The average Bonchev–Trinajstić information content (AvgIpc) is 2.33. The molecule has 1 atom stereocenters. The lowest BCUT2D eigenvalue weighted by Gasteiger charge is -2.31. The average molecular weight is 299 g/mol. The highest BCUT2D eigenvalue weighted by molar-refractivity contribution is 5.82. The van der Waals surface area contributed by atoms with Crippen molar-refractivity contribution in [2.45, 2.75) is 66.0 Å². The van der Waals surface area contributed by atoms with Gasteiger partial charge in [-0.15, -0.1) is 6.58 Å². The van der Waals surface area contributed by atoms with Gasteiger partial charge in [-0.3, -0.25) is 0 Å². The minimum atomic E-state index is -0.832. The molecule has 0 saturated carbocycles. The van der Waals surface area contributed by atoms with Crippen molar-refractivity contribution < 1.29 is 19.1 Å². The summed E-state index contributed by atoms with van der Waals surface area (Å²) in [5, 5.41) is 2.58. The van der Waals surface area contributed by atoms with Crippen molar-refractivity contribution in [3.63, 3.8) is 0 Å². The summed E-state index contributed by atoms with van der Waals surface area (Å²) in [6, 6.07) is -0.832. The van der Waals surface area contributed by atoms with E-state index in [2.05, 4.69) is 11.9 Å². The highest BCUT2D eigenvalue weighted by Gasteiger charge is 2.36. The molecule has 0 bridgehead atoms. The monoisotopic (exact) mass is 299 g/mol. The number of unbranched alkanes of at least 4 members (excludes halogenated alkanes) is 1. The van der Waals surface area contributed by atoms with Crippen molar-refractivity contribution in [2.24, 2.45) is 5.41 Å². The molecule has 5 heteroatoms. The van der Waals surface area contributed by atoms with Crippen LogP contribution >= 0.6 is 0 Å². The van der Waals surface area contributed by atoms with E-state index in [1.165, 1.54) is 0 Å². The van der Waals surface area contributed by atoms with Gasteiger partial charge in [-0.1, -0.05) is 33.3 Å². The fraction of sp³-hybridized carbons (Fsp3) is 0.750. The van der Waals surface area contributed by atoms with E-state index in [0.29, 0.717) is 6.61 Å². The lowest BCUT2D eigenvalue weighted by Crippen LogP contribution is -2.51. The van der Waals surface area contributed by atoms with Gasteiger partial charge in [0.25, 0.3) is 0 Å². The molecule has 0 aromatic rings. The van der Waals surface area contributed by atoms with Gasteiger partial charge in [0.1, 0.15) is 11.6 Å². The molecule has 0 aliphatic heterocycles. The zero-order chi connectivity index (χ0) is 16.7. The Morgan fingerprint density at radius 3 is 2.24 bits per heavy atom. The van der Waals surface area contributed by atoms with Crippen molar-refractivity contribution in [1.82, 2.24) is 5.32 Å². The molecule has 0 aromatic heterocycles. The Hall–Kier alpha value is -1.52. The molecule has 0 saturated heterocycles. The van der Waals surface area contributed by atoms with Crippen LogP contribution in [0.4, 0.5) is 4.79 Å². The van der Waals surface area contributed by atoms with Crippen LogP contribution in [0.25, 0.3) is 0 Å². The van der Waals surface area contributed by atoms with Gasteiger partial charge in [-0.25, -0.2) is 9.59 Å². The van der Waals surface area contributed by atoms with Crippen molar-refractivity contribution in [3.05, 3.63) is 12.7 Å². The molecule has 1 N–H and O–H groups in total. The summed E-state index contributed by atoms with van der Waals surface area (Å²) in [5.41, 5.74) is -1.26. The van der Waals surface area contributed by atoms with Crippen molar-refractivity contribution in [3.8, 4) is 0 Å². The quantitative estimate of drug-likeness (QED) is 0.444. The molecule has 0 radical (unpaired) electrons. The van der Waals surface area contributed by atoms with Crippen molar-refractivity contribution >= 4 is 12.1 Å². The third kappa shape index (κ3) is 7.73. The van der Waals surface area contributed by atoms with Gasteiger partial charge >= 0.3 is 12.1 Å². The molecule has 0 aromatic carbocycles. The first kappa shape index (κ1) is 19.5. The molecule has 0 heterocycles. The first-order chi connectivity index (χ1) is 9.53. The molecule has 0 fully saturated rings. The molecule has 0 unspecified atom stereocenters. The van der Waals surface area contributed by atoms with Gasteiger partial charge in [0, 0.05) is 5.41 Å². The number of hydrogen-bond acceptors (Lipinski definition) is 4. The summed E-state index contributed by atoms with van der Waals surface area (Å²) in [7, 11) is 0. The van der Waals surface area contributed by atoms with Crippen LogP contribution in [-0.2, 0) is 14.3 Å². The van der Waals surface area contributed by atoms with E-state index in [1.807, 2.05) is 20.8 Å². The maximum absolute atomic E-state index is 12.2. The van der Waals surface area contributed by atoms with Gasteiger partial charge in [-0.2, -0.15) is 0 Å². The van der Waals surface area contributed by atoms with Gasteiger partial charge in [0.05, 0.1) is 6.61 Å². The van der Waals surface area contributed by atoms with Crippen LogP contribution in [0.3, 0.4) is 0 Å². The Labute approximate surface area is 128 Å². The third-order valence-electron chi connectivity index (χ3n) is 2.91. The summed E-state index contributed by atoms with van der Waals surface area (Å²) in [4.78, 5) is 24.1. The second kappa shape index (κ2) is 8.05. The SMILES string of the molecule is C=CC(C)(C)[C@H](NC(=O)OC(C)(C)C)C(=O)OCCCC. The highest BCUT2D eigenvalue weighted by atomic mass is 16.6. The van der Waals surface area contributed by atoms with E-state index in [-0.39, 0.29) is 0 Å². The number of ether oxygens (including phenoxy) is 2. The number of esters is 1. The van der Waals surface area contributed by atoms with Crippen LogP contribution in [0.5, 0.6) is 0 Å². The normalized spacial score (nSPS) is 13.2. The fourth-order valence-electron chi connectivity index (χ4n) is 1.49. The molecular weight excluding hydrogens is 270 g/mol. The van der Waals surface area contributed by atoms with Crippen LogP contribution in [0.1, 0.15) is 54.4 Å². The Kier molecular flexibility index (Phi) is 7.47. The summed E-state index contributed by atoms with van der Waals surface area (Å²) in [6.07, 6.45) is 2.70. The molecule has 122 valence electrons. The molecule has 0 aliphatic carbocycles. The largest absolute Gasteiger partial charge is 0.464 e. The van der Waals surface area contributed by atoms with E-state index in [0.717, 1.165) is 12.8 Å². The van der Waals surface area contributed by atoms with Gasteiger partial charge in [0.2, 0.25) is 0 Å². The second-order valence-corrected chi connectivity index (χ2v) is 6.63. The minimum Gasteiger partial charge on any atom is -0.464 e. The van der Waals surface area contributed by atoms with Crippen LogP contribution in [0, 0.1) is 5.41 Å². The van der Waals surface area contributed by atoms with Gasteiger partial charge in [-0.05, 0) is 27.2 Å². The number of hydrogen-bond donors (Lipinski definition) is 1. The van der Waals surface area contributed by atoms with E-state index in [4.69, 9.17) is 9.47 Å². The topological polar surface area (TPSA) is 64.6 Å². The standard InChI is InChI=1S/C16H29NO4/c1-8-10-11-20-13(18)12(16(6,7)9-2)17-14(19)21-15(3,4)5/h9,12H,2,8,10-11H2,1,3-7H3,(H,17,19)/t12-/m1/s1. The highest BCUT2D eigenvalue weighted by Crippen LogP contribution is 2.23. The summed E-state index contributed by atoms with van der Waals surface area (Å²) in [5.74, 6) is -0.473. The molecule has 21 heavy (non-hydrogen) atoms. The smallest absolute Gasteiger partial charge is 0.408 e. The van der Waals surface area contributed by atoms with E-state index >= 15 is 0 Å². The Morgan fingerprint density at radius 1 is 1.24 bits per heavy atom. The zero-order valence-corrected chi connectivity index (χ0v) is 14.1. The molecule has 0 spiro atoms. The van der Waals surface area contributed by atoms with Crippen LogP contribution in [0.2, 0.25) is 0 Å². The number of amides is 1. The number of carbonyl (C=O) groups excluding carboxylic acids is 2. The lowest BCUT2D eigenvalue weighted by atomic mass is 9.84. The Balaban J connectivity index is 4.87. The summed E-state index contributed by atoms with van der Waals surface area (Å²) >= 11 is 0. The number of carbonyl (C=O) groups is 2. The summed E-state index contributed by atoms with van der Waals surface area (Å²) < 4.78 is 10.4. The first-order valence-electron chi connectivity index (χ1n) is 7.33. The van der Waals surface area contributed by atoms with Crippen LogP contribution in [0.15, 0.2) is 12.7 Å². The van der Waals surface area contributed by atoms with Crippen LogP contribution < -0.4 is 5.32 Å². The van der Waals surface area contributed by atoms with Crippen molar-refractivity contribution in [1.29, 1.82) is 0 Å². The minimum absolute atomic E-state index is 0.342. The summed E-state index contributed by atoms with van der Waals surface area (Å²) in [6.45, 7) is 15.0. The maximum Gasteiger partial charge on any atom is 0.408 e. The predicted molar refractivity (Wildman–Crippen MR) is 83.0 cm³/mol. The first-order valence-corrected chi connectivity index (χ1v) is 7.33. The number of alkyl carbamates (subject to hydrolysis) is 1. The number of rotatable bonds is 7. The Bertz CT molecular complexity index is 369. The maximum atomic E-state index is 12.2. The molecule has 0 aliphatic rings. The van der Waals surface area contributed by atoms with Crippen molar-refractivity contribution in [2.75, 3.05) is 6.61 Å². The molecule has 5 nitrogen and oxygen atoms in total. The molecular formula is C16H29NO4. The van der Waals surface area contributed by atoms with E-state index in [9.17, 15) is 9.59 Å². The van der Waals surface area contributed by atoms with E-state index < -0.39 is 29.1 Å². The number of nitrogens with one attached hydrogen (secondary N) is 1. The predicted octanol–water partition coefficient (Wildman–Crippen LogP) is 3.44. The van der Waals surface area contributed by atoms with Crippen LogP contribution in [-0.4, -0.2) is 30.3 Å². The van der Waals surface area contributed by atoms with Gasteiger partial charge < -0.3 is 14.8 Å². The third-order valence-corrected chi connectivity index (χ3v) is 2.91. The fourth-order valence-corrected chi connectivity index (χ4v) is 1.49. The van der Waals surface area contributed by atoms with E-state index in [1.54, 1.807) is 26.8 Å². The van der Waals surface area contributed by atoms with Gasteiger partial charge in [0.15, 0.2) is 0 Å². The molecule has 1 amide bonds. The lowest BCUT2D eigenvalue weighted by molar-refractivity contribution is -0.148. The molecule has 0 rings (SSSR count). The second-order valence-electron chi connectivity index (χ2n) is 6.63.